The van der Waals surface area contributed by atoms with Crippen LogP contribution < -0.4 is 5.32 Å². The maximum atomic E-state index is 8.88. The molecule has 1 N–H and O–H groups in total. The van der Waals surface area contributed by atoms with Gasteiger partial charge in [0.1, 0.15) is 6.07 Å². The van der Waals surface area contributed by atoms with Crippen LogP contribution in [-0.2, 0) is 4.74 Å². The van der Waals surface area contributed by atoms with E-state index in [2.05, 4.69) is 23.3 Å². The molecule has 0 unspecified atom stereocenters. The van der Waals surface area contributed by atoms with Crippen LogP contribution in [0.2, 0.25) is 0 Å². The molecule has 0 radical (unpaired) electrons. The van der Waals surface area contributed by atoms with Crippen molar-refractivity contribution in [3.8, 4) is 6.07 Å². The fourth-order valence-corrected chi connectivity index (χ4v) is 1.38. The Bertz CT molecular complexity index is 360. The summed E-state index contributed by atoms with van der Waals surface area (Å²) in [5, 5.41) is 12.1. The van der Waals surface area contributed by atoms with E-state index in [0.717, 1.165) is 38.3 Å². The molecule has 0 amide bonds. The number of anilines is 1. The highest BCUT2D eigenvalue weighted by atomic mass is 16.5. The second-order valence-electron chi connectivity index (χ2n) is 3.78. The summed E-state index contributed by atoms with van der Waals surface area (Å²) >= 11 is 0. The zero-order chi connectivity index (χ0) is 12.3. The van der Waals surface area contributed by atoms with Crippen molar-refractivity contribution in [1.29, 1.82) is 5.26 Å². The van der Waals surface area contributed by atoms with Crippen molar-refractivity contribution < 1.29 is 4.74 Å². The number of aromatic nitrogens is 1. The van der Waals surface area contributed by atoms with Gasteiger partial charge in [-0.1, -0.05) is 13.3 Å². The molecule has 0 aliphatic rings. The average molecular weight is 233 g/mol. The summed E-state index contributed by atoms with van der Waals surface area (Å²) in [6.07, 6.45) is 6.52. The third-order valence-electron chi connectivity index (χ3n) is 2.36. The van der Waals surface area contributed by atoms with Crippen molar-refractivity contribution >= 4 is 5.69 Å². The molecule has 1 aromatic rings. The first-order chi connectivity index (χ1) is 8.38. The fourth-order valence-electron chi connectivity index (χ4n) is 1.38. The largest absolute Gasteiger partial charge is 0.383 e. The van der Waals surface area contributed by atoms with Crippen molar-refractivity contribution in [2.24, 2.45) is 0 Å². The Balaban J connectivity index is 2.16. The van der Waals surface area contributed by atoms with E-state index in [-0.39, 0.29) is 0 Å². The lowest BCUT2D eigenvalue weighted by molar-refractivity contribution is 0.131. The summed E-state index contributed by atoms with van der Waals surface area (Å²) in [6, 6.07) is 3.84. The molecule has 0 aromatic carbocycles. The predicted molar refractivity (Wildman–Crippen MR) is 67.8 cm³/mol. The number of rotatable bonds is 8. The van der Waals surface area contributed by atoms with Crippen molar-refractivity contribution in [1.82, 2.24) is 4.98 Å². The molecule has 0 aliphatic carbocycles. The Hall–Kier alpha value is -1.60. The van der Waals surface area contributed by atoms with Crippen molar-refractivity contribution in [3.05, 3.63) is 24.0 Å². The molecule has 0 atom stereocenters. The number of nitrogens with zero attached hydrogens (tertiary/aromatic N) is 2. The Labute approximate surface area is 103 Å². The van der Waals surface area contributed by atoms with E-state index < -0.39 is 0 Å². The lowest BCUT2D eigenvalue weighted by Crippen LogP contribution is -2.07. The van der Waals surface area contributed by atoms with E-state index in [0.29, 0.717) is 5.56 Å². The maximum absolute atomic E-state index is 8.88. The van der Waals surface area contributed by atoms with Gasteiger partial charge in [-0.05, 0) is 18.9 Å². The topological polar surface area (TPSA) is 57.9 Å². The molecule has 0 aliphatic heterocycles. The van der Waals surface area contributed by atoms with Crippen LogP contribution in [0.5, 0.6) is 0 Å². The third-order valence-corrected chi connectivity index (χ3v) is 2.36. The Morgan fingerprint density at radius 3 is 3.00 bits per heavy atom. The smallest absolute Gasteiger partial charge is 0.101 e. The van der Waals surface area contributed by atoms with E-state index >= 15 is 0 Å². The minimum absolute atomic E-state index is 0.631. The highest BCUT2D eigenvalue weighted by Crippen LogP contribution is 2.11. The van der Waals surface area contributed by atoms with Crippen LogP contribution in [-0.4, -0.2) is 24.7 Å². The minimum Gasteiger partial charge on any atom is -0.383 e. The Morgan fingerprint density at radius 1 is 1.41 bits per heavy atom. The SMILES string of the molecule is CCCCOCCCNc1cnccc1C#N. The maximum Gasteiger partial charge on any atom is 0.101 e. The molecule has 92 valence electrons. The van der Waals surface area contributed by atoms with Crippen LogP contribution in [0.4, 0.5) is 5.69 Å². The monoisotopic (exact) mass is 233 g/mol. The molecule has 0 spiro atoms. The number of pyridine rings is 1. The first kappa shape index (κ1) is 13.5. The van der Waals surface area contributed by atoms with Gasteiger partial charge in [0.2, 0.25) is 0 Å². The van der Waals surface area contributed by atoms with Gasteiger partial charge in [0.25, 0.3) is 0 Å². The first-order valence-corrected chi connectivity index (χ1v) is 6.04. The molecule has 1 heterocycles. The van der Waals surface area contributed by atoms with E-state index in [1.54, 1.807) is 18.5 Å². The standard InChI is InChI=1S/C13H19N3O/c1-2-3-8-17-9-4-6-16-13-11-15-7-5-12(13)10-14/h5,7,11,16H,2-4,6,8-9H2,1H3. The number of ether oxygens (including phenoxy) is 1. The average Bonchev–Trinajstić information content (AvgIpc) is 2.38. The molecule has 1 rings (SSSR count). The van der Waals surface area contributed by atoms with Gasteiger partial charge in [0.05, 0.1) is 17.4 Å². The van der Waals surface area contributed by atoms with Gasteiger partial charge in [0, 0.05) is 26.0 Å². The van der Waals surface area contributed by atoms with Gasteiger partial charge < -0.3 is 10.1 Å². The first-order valence-electron chi connectivity index (χ1n) is 6.04. The zero-order valence-electron chi connectivity index (χ0n) is 10.3. The molecule has 1 aromatic heterocycles. The van der Waals surface area contributed by atoms with E-state index in [1.165, 1.54) is 6.42 Å². The summed E-state index contributed by atoms with van der Waals surface area (Å²) in [7, 11) is 0. The molecular weight excluding hydrogens is 214 g/mol. The van der Waals surface area contributed by atoms with E-state index in [4.69, 9.17) is 10.00 Å². The zero-order valence-corrected chi connectivity index (χ0v) is 10.3. The minimum atomic E-state index is 0.631. The van der Waals surface area contributed by atoms with Gasteiger partial charge in [-0.25, -0.2) is 0 Å². The van der Waals surface area contributed by atoms with Crippen LogP contribution in [0.15, 0.2) is 18.5 Å². The van der Waals surface area contributed by atoms with Crippen molar-refractivity contribution in [3.63, 3.8) is 0 Å². The van der Waals surface area contributed by atoms with Gasteiger partial charge in [-0.3, -0.25) is 4.98 Å². The van der Waals surface area contributed by atoms with Gasteiger partial charge in [-0.2, -0.15) is 5.26 Å². The molecule has 4 heteroatoms. The van der Waals surface area contributed by atoms with Crippen LogP contribution in [0.1, 0.15) is 31.7 Å². The van der Waals surface area contributed by atoms with Crippen LogP contribution in [0.25, 0.3) is 0 Å². The quantitative estimate of drug-likeness (QED) is 0.701. The summed E-state index contributed by atoms with van der Waals surface area (Å²) in [6.45, 7) is 4.55. The summed E-state index contributed by atoms with van der Waals surface area (Å²) in [4.78, 5) is 3.99. The van der Waals surface area contributed by atoms with Gasteiger partial charge in [0.15, 0.2) is 0 Å². The van der Waals surface area contributed by atoms with Crippen LogP contribution in [0, 0.1) is 11.3 Å². The normalized spacial score (nSPS) is 9.88. The molecule has 17 heavy (non-hydrogen) atoms. The van der Waals surface area contributed by atoms with Crippen LogP contribution in [0.3, 0.4) is 0 Å². The van der Waals surface area contributed by atoms with Crippen molar-refractivity contribution in [2.45, 2.75) is 26.2 Å². The van der Waals surface area contributed by atoms with Crippen LogP contribution >= 0.6 is 0 Å². The molecular formula is C13H19N3O. The number of unbranched alkanes of at least 4 members (excludes halogenated alkanes) is 1. The van der Waals surface area contributed by atoms with E-state index in [9.17, 15) is 0 Å². The second kappa shape index (κ2) is 8.54. The lowest BCUT2D eigenvalue weighted by atomic mass is 10.2. The number of nitriles is 1. The Morgan fingerprint density at radius 2 is 2.24 bits per heavy atom. The lowest BCUT2D eigenvalue weighted by Gasteiger charge is -2.07. The molecule has 4 nitrogen and oxygen atoms in total. The second-order valence-corrected chi connectivity index (χ2v) is 3.78. The third kappa shape index (κ3) is 5.32. The van der Waals surface area contributed by atoms with E-state index in [1.807, 2.05) is 0 Å². The number of hydrogen-bond acceptors (Lipinski definition) is 4. The van der Waals surface area contributed by atoms with Crippen molar-refractivity contribution in [2.75, 3.05) is 25.1 Å². The molecule has 0 saturated carbocycles. The summed E-state index contributed by atoms with van der Waals surface area (Å²) in [5.41, 5.74) is 1.43. The Kier molecular flexibility index (Phi) is 6.76. The highest BCUT2D eigenvalue weighted by Gasteiger charge is 1.99. The van der Waals surface area contributed by atoms with Gasteiger partial charge in [-0.15, -0.1) is 0 Å². The molecule has 0 fully saturated rings. The predicted octanol–water partition coefficient (Wildman–Crippen LogP) is 2.57. The molecule has 0 saturated heterocycles. The van der Waals surface area contributed by atoms with Gasteiger partial charge >= 0.3 is 0 Å². The molecule has 0 bridgehead atoms. The number of hydrogen-bond donors (Lipinski definition) is 1. The highest BCUT2D eigenvalue weighted by molar-refractivity contribution is 5.55. The summed E-state index contributed by atoms with van der Waals surface area (Å²) in [5.74, 6) is 0. The fraction of sp³-hybridized carbons (Fsp3) is 0.538. The summed E-state index contributed by atoms with van der Waals surface area (Å²) < 4.78 is 5.45. The number of nitrogens with one attached hydrogen (secondary N) is 1.